The Kier molecular flexibility index (Phi) is 4.38. The van der Waals surface area contributed by atoms with Crippen LogP contribution in [0.25, 0.3) is 0 Å². The molecular formula is C14H21ClN4O. The van der Waals surface area contributed by atoms with Crippen LogP contribution in [-0.2, 0) is 0 Å². The van der Waals surface area contributed by atoms with Gasteiger partial charge in [-0.15, -0.1) is 0 Å². The van der Waals surface area contributed by atoms with Gasteiger partial charge in [0.05, 0.1) is 17.4 Å². The molecule has 1 aromatic rings. The highest BCUT2D eigenvalue weighted by Gasteiger charge is 2.32. The minimum absolute atomic E-state index is 0.237. The van der Waals surface area contributed by atoms with Crippen LogP contribution >= 0.6 is 11.6 Å². The van der Waals surface area contributed by atoms with Gasteiger partial charge < -0.3 is 10.0 Å². The summed E-state index contributed by atoms with van der Waals surface area (Å²) in [4.78, 5) is 13.3. The van der Waals surface area contributed by atoms with E-state index >= 15 is 0 Å². The van der Waals surface area contributed by atoms with Gasteiger partial charge in [-0.3, -0.25) is 4.90 Å². The second-order valence-corrected chi connectivity index (χ2v) is 6.19. The van der Waals surface area contributed by atoms with Crippen LogP contribution < -0.4 is 4.90 Å². The van der Waals surface area contributed by atoms with Crippen LogP contribution in [0.5, 0.6) is 0 Å². The Hall–Kier alpha value is -0.910. The number of piperazine rings is 1. The number of anilines is 1. The lowest BCUT2D eigenvalue weighted by molar-refractivity contribution is 0.136. The van der Waals surface area contributed by atoms with Crippen molar-refractivity contribution in [1.82, 2.24) is 14.9 Å². The highest BCUT2D eigenvalue weighted by molar-refractivity contribution is 6.30. The first-order valence-corrected chi connectivity index (χ1v) is 7.71. The number of nitrogens with zero attached hydrogens (tertiary/aromatic N) is 4. The number of aliphatic hydroxyl groups is 1. The maximum Gasteiger partial charge on any atom is 0.225 e. The molecule has 5 nitrogen and oxygen atoms in total. The summed E-state index contributed by atoms with van der Waals surface area (Å²) in [6.07, 6.45) is 6.83. The van der Waals surface area contributed by atoms with E-state index in [1.165, 1.54) is 19.4 Å². The average Bonchev–Trinajstić information content (AvgIpc) is 3.26. The fourth-order valence-corrected chi connectivity index (χ4v) is 2.94. The van der Waals surface area contributed by atoms with Gasteiger partial charge in [0.1, 0.15) is 0 Å². The molecule has 2 fully saturated rings. The van der Waals surface area contributed by atoms with Gasteiger partial charge >= 0.3 is 0 Å². The summed E-state index contributed by atoms with van der Waals surface area (Å²) in [6, 6.07) is 0.397. The second-order valence-electron chi connectivity index (χ2n) is 5.75. The van der Waals surface area contributed by atoms with Crippen molar-refractivity contribution < 1.29 is 5.11 Å². The Labute approximate surface area is 124 Å². The van der Waals surface area contributed by atoms with Crippen LogP contribution in [0.3, 0.4) is 0 Å². The van der Waals surface area contributed by atoms with Gasteiger partial charge in [0.2, 0.25) is 5.95 Å². The summed E-state index contributed by atoms with van der Waals surface area (Å²) >= 11 is 5.83. The minimum Gasteiger partial charge on any atom is -0.396 e. The first-order chi connectivity index (χ1) is 9.76. The van der Waals surface area contributed by atoms with Gasteiger partial charge in [-0.1, -0.05) is 11.6 Å². The van der Waals surface area contributed by atoms with Gasteiger partial charge in [-0.25, -0.2) is 9.97 Å². The number of hydrogen-bond donors (Lipinski definition) is 1. The second kappa shape index (κ2) is 6.24. The molecule has 1 unspecified atom stereocenters. The Bertz CT molecular complexity index is 437. The fourth-order valence-electron chi connectivity index (χ4n) is 2.84. The van der Waals surface area contributed by atoms with E-state index in [1.54, 1.807) is 12.4 Å². The predicted molar refractivity (Wildman–Crippen MR) is 79.0 cm³/mol. The summed E-state index contributed by atoms with van der Waals surface area (Å²) in [5.41, 5.74) is 0. The molecule has 1 aliphatic heterocycles. The maximum absolute atomic E-state index is 9.29. The quantitative estimate of drug-likeness (QED) is 0.890. The van der Waals surface area contributed by atoms with E-state index < -0.39 is 0 Å². The summed E-state index contributed by atoms with van der Waals surface area (Å²) in [5, 5.41) is 9.85. The Morgan fingerprint density at radius 2 is 2.00 bits per heavy atom. The number of aliphatic hydroxyl groups excluding tert-OH is 1. The van der Waals surface area contributed by atoms with Crippen LogP contribution in [-0.4, -0.2) is 58.8 Å². The summed E-state index contributed by atoms with van der Waals surface area (Å²) in [7, 11) is 0. The zero-order valence-corrected chi connectivity index (χ0v) is 12.3. The average molecular weight is 297 g/mol. The largest absolute Gasteiger partial charge is 0.396 e. The molecule has 1 atom stereocenters. The smallest absolute Gasteiger partial charge is 0.225 e. The molecule has 1 N–H and O–H groups in total. The Morgan fingerprint density at radius 3 is 2.65 bits per heavy atom. The van der Waals surface area contributed by atoms with Gasteiger partial charge in [-0.2, -0.15) is 0 Å². The van der Waals surface area contributed by atoms with Gasteiger partial charge in [0.25, 0.3) is 0 Å². The molecule has 3 rings (SSSR count). The lowest BCUT2D eigenvalue weighted by Gasteiger charge is -2.41. The summed E-state index contributed by atoms with van der Waals surface area (Å²) in [6.45, 7) is 4.26. The van der Waals surface area contributed by atoms with Crippen LogP contribution in [0.1, 0.15) is 19.3 Å². The van der Waals surface area contributed by atoms with Crippen molar-refractivity contribution in [2.75, 3.05) is 37.7 Å². The number of aromatic nitrogens is 2. The topological polar surface area (TPSA) is 52.5 Å². The van der Waals surface area contributed by atoms with E-state index in [0.29, 0.717) is 11.1 Å². The summed E-state index contributed by atoms with van der Waals surface area (Å²) < 4.78 is 0. The van der Waals surface area contributed by atoms with Crippen molar-refractivity contribution in [1.29, 1.82) is 0 Å². The van der Waals surface area contributed by atoms with Crippen molar-refractivity contribution in [3.8, 4) is 0 Å². The molecule has 0 aromatic carbocycles. The molecule has 110 valence electrons. The van der Waals surface area contributed by atoms with Crippen LogP contribution in [0.15, 0.2) is 12.4 Å². The molecule has 20 heavy (non-hydrogen) atoms. The molecule has 0 bridgehead atoms. The van der Waals surface area contributed by atoms with E-state index in [2.05, 4.69) is 19.8 Å². The van der Waals surface area contributed by atoms with Crippen LogP contribution in [0, 0.1) is 5.92 Å². The first-order valence-electron chi connectivity index (χ1n) is 7.33. The van der Waals surface area contributed by atoms with Crippen LogP contribution in [0.2, 0.25) is 5.02 Å². The van der Waals surface area contributed by atoms with Gasteiger partial charge in [-0.05, 0) is 25.2 Å². The highest BCUT2D eigenvalue weighted by atomic mass is 35.5. The molecule has 0 radical (unpaired) electrons. The van der Waals surface area contributed by atoms with Crippen molar-refractivity contribution in [2.45, 2.75) is 25.3 Å². The molecule has 0 spiro atoms. The van der Waals surface area contributed by atoms with Crippen LogP contribution in [0.4, 0.5) is 5.95 Å². The SMILES string of the molecule is OCCC1CN(c2ncc(Cl)cn2)CCN1CC1CC1. The number of rotatable bonds is 5. The molecule has 6 heteroatoms. The monoisotopic (exact) mass is 296 g/mol. The van der Waals surface area contributed by atoms with E-state index in [0.717, 1.165) is 37.9 Å². The third kappa shape index (κ3) is 3.40. The Morgan fingerprint density at radius 1 is 1.25 bits per heavy atom. The zero-order chi connectivity index (χ0) is 13.9. The third-order valence-corrected chi connectivity index (χ3v) is 4.34. The van der Waals surface area contributed by atoms with E-state index in [1.807, 2.05) is 0 Å². The van der Waals surface area contributed by atoms with Crippen molar-refractivity contribution in [2.24, 2.45) is 5.92 Å². The summed E-state index contributed by atoms with van der Waals surface area (Å²) in [5.74, 6) is 1.62. The fraction of sp³-hybridized carbons (Fsp3) is 0.714. The van der Waals surface area contributed by atoms with Crippen molar-refractivity contribution >= 4 is 17.5 Å². The first kappa shape index (κ1) is 14.0. The molecule has 0 amide bonds. The number of hydrogen-bond acceptors (Lipinski definition) is 5. The molecule has 1 aliphatic carbocycles. The molecular weight excluding hydrogens is 276 g/mol. The van der Waals surface area contributed by atoms with E-state index in [4.69, 9.17) is 11.6 Å². The molecule has 1 aromatic heterocycles. The third-order valence-electron chi connectivity index (χ3n) is 4.15. The zero-order valence-electron chi connectivity index (χ0n) is 11.6. The number of halogens is 1. The molecule has 2 heterocycles. The minimum atomic E-state index is 0.237. The Balaban J connectivity index is 1.65. The van der Waals surface area contributed by atoms with E-state index in [-0.39, 0.29) is 6.61 Å². The van der Waals surface area contributed by atoms with Crippen molar-refractivity contribution in [3.05, 3.63) is 17.4 Å². The van der Waals surface area contributed by atoms with Crippen molar-refractivity contribution in [3.63, 3.8) is 0 Å². The van der Waals surface area contributed by atoms with E-state index in [9.17, 15) is 5.11 Å². The highest BCUT2D eigenvalue weighted by Crippen LogP contribution is 2.31. The van der Waals surface area contributed by atoms with Gasteiger partial charge in [0.15, 0.2) is 0 Å². The maximum atomic E-state index is 9.29. The molecule has 1 saturated carbocycles. The lowest BCUT2D eigenvalue weighted by atomic mass is 10.1. The molecule has 2 aliphatic rings. The normalized spacial score (nSPS) is 24.1. The lowest BCUT2D eigenvalue weighted by Crippen LogP contribution is -2.54. The standard InChI is InChI=1S/C14H21ClN4O/c15-12-7-16-14(17-8-12)19-5-4-18(9-11-1-2-11)13(10-19)3-6-20/h7-8,11,13,20H,1-6,9-10H2. The predicted octanol–water partition coefficient (Wildman–Crippen LogP) is 1.41. The molecule has 1 saturated heterocycles. The van der Waals surface area contributed by atoms with Gasteiger partial charge in [0, 0.05) is 38.8 Å².